The average molecular weight is 325 g/mol. The summed E-state index contributed by atoms with van der Waals surface area (Å²) in [6, 6.07) is 7.33. The first-order valence-electron chi connectivity index (χ1n) is 8.09. The first-order valence-corrected chi connectivity index (χ1v) is 8.47. The summed E-state index contributed by atoms with van der Waals surface area (Å²) in [6.45, 7) is 5.73. The van der Waals surface area contributed by atoms with Gasteiger partial charge in [-0.15, -0.1) is 0 Å². The van der Waals surface area contributed by atoms with Gasteiger partial charge < -0.3 is 9.47 Å². The summed E-state index contributed by atoms with van der Waals surface area (Å²) in [6.07, 6.45) is 6.25. The Kier molecular flexibility index (Phi) is 5.51. The van der Waals surface area contributed by atoms with Gasteiger partial charge in [-0.05, 0) is 30.5 Å². The van der Waals surface area contributed by atoms with Gasteiger partial charge in [-0.25, -0.2) is 4.79 Å². The van der Waals surface area contributed by atoms with Crippen LogP contribution in [0.15, 0.2) is 24.3 Å². The van der Waals surface area contributed by atoms with Gasteiger partial charge in [-0.2, -0.15) is 0 Å². The molecule has 122 valence electrons. The van der Waals surface area contributed by atoms with Crippen LogP contribution in [-0.2, 0) is 19.9 Å². The molecule has 2 rings (SSSR count). The molecule has 4 heteroatoms. The molecule has 0 radical (unpaired) electrons. The lowest BCUT2D eigenvalue weighted by molar-refractivity contribution is -0.168. The van der Waals surface area contributed by atoms with Gasteiger partial charge in [0.25, 0.3) is 0 Å². The second kappa shape index (κ2) is 7.01. The fourth-order valence-electron chi connectivity index (χ4n) is 2.98. The number of benzene rings is 1. The molecule has 0 N–H and O–H groups in total. The van der Waals surface area contributed by atoms with Gasteiger partial charge in [0.05, 0.1) is 0 Å². The van der Waals surface area contributed by atoms with Crippen LogP contribution in [0.25, 0.3) is 0 Å². The fraction of sp³-hybridized carbons (Fsp3) is 0.611. The molecule has 0 spiro atoms. The van der Waals surface area contributed by atoms with Gasteiger partial charge in [0.15, 0.2) is 5.60 Å². The van der Waals surface area contributed by atoms with Crippen molar-refractivity contribution in [3.63, 3.8) is 0 Å². The molecule has 0 amide bonds. The van der Waals surface area contributed by atoms with Crippen molar-refractivity contribution in [2.45, 2.75) is 70.7 Å². The quantitative estimate of drug-likeness (QED) is 0.510. The van der Waals surface area contributed by atoms with Crippen LogP contribution in [0.3, 0.4) is 0 Å². The maximum Gasteiger partial charge on any atom is 0.345 e. The lowest BCUT2D eigenvalue weighted by Crippen LogP contribution is -2.34. The van der Waals surface area contributed by atoms with E-state index in [2.05, 4.69) is 6.92 Å². The van der Waals surface area contributed by atoms with Crippen molar-refractivity contribution in [3.05, 3.63) is 34.9 Å². The zero-order valence-electron chi connectivity index (χ0n) is 13.7. The molecule has 1 unspecified atom stereocenters. The Bertz CT molecular complexity index is 527. The van der Waals surface area contributed by atoms with Crippen LogP contribution in [0.5, 0.6) is 0 Å². The molecule has 0 saturated carbocycles. The van der Waals surface area contributed by atoms with E-state index in [9.17, 15) is 4.79 Å². The minimum absolute atomic E-state index is 0.310. The summed E-state index contributed by atoms with van der Waals surface area (Å²) in [5, 5.41) is 0.601. The molecule has 1 aliphatic heterocycles. The van der Waals surface area contributed by atoms with Crippen LogP contribution in [0.1, 0.15) is 64.9 Å². The van der Waals surface area contributed by atoms with Crippen LogP contribution in [0.2, 0.25) is 5.02 Å². The summed E-state index contributed by atoms with van der Waals surface area (Å²) in [5.74, 6) is -1.21. The van der Waals surface area contributed by atoms with Crippen molar-refractivity contribution >= 4 is 17.6 Å². The zero-order valence-corrected chi connectivity index (χ0v) is 14.4. The number of hydrogen-bond donors (Lipinski definition) is 0. The SMILES string of the molecule is CCCCCCCC1(c2cccc(Cl)c2)OC(C)(C)OC1=O. The summed E-state index contributed by atoms with van der Waals surface area (Å²) in [4.78, 5) is 12.6. The van der Waals surface area contributed by atoms with Crippen LogP contribution >= 0.6 is 11.6 Å². The third kappa shape index (κ3) is 3.82. The maximum absolute atomic E-state index is 12.6. The van der Waals surface area contributed by atoms with E-state index in [1.54, 1.807) is 26.0 Å². The Labute approximate surface area is 137 Å². The van der Waals surface area contributed by atoms with Gasteiger partial charge in [-0.1, -0.05) is 56.3 Å². The molecule has 1 saturated heterocycles. The van der Waals surface area contributed by atoms with Crippen molar-refractivity contribution in [2.24, 2.45) is 0 Å². The van der Waals surface area contributed by atoms with Gasteiger partial charge in [0.1, 0.15) is 0 Å². The molecule has 0 aromatic heterocycles. The minimum Gasteiger partial charge on any atom is -0.431 e. The van der Waals surface area contributed by atoms with Gasteiger partial charge in [-0.3, -0.25) is 0 Å². The number of halogens is 1. The van der Waals surface area contributed by atoms with Crippen LogP contribution < -0.4 is 0 Å². The molecule has 1 aliphatic rings. The number of esters is 1. The van der Waals surface area contributed by atoms with Crippen molar-refractivity contribution in [2.75, 3.05) is 0 Å². The van der Waals surface area contributed by atoms with E-state index in [0.717, 1.165) is 18.4 Å². The molecule has 22 heavy (non-hydrogen) atoms. The highest BCUT2D eigenvalue weighted by molar-refractivity contribution is 6.30. The van der Waals surface area contributed by atoms with Crippen molar-refractivity contribution in [3.8, 4) is 0 Å². The van der Waals surface area contributed by atoms with E-state index < -0.39 is 11.4 Å². The number of rotatable bonds is 7. The highest BCUT2D eigenvalue weighted by atomic mass is 35.5. The number of carbonyl (C=O) groups is 1. The van der Waals surface area contributed by atoms with E-state index in [-0.39, 0.29) is 5.97 Å². The van der Waals surface area contributed by atoms with Crippen LogP contribution in [-0.4, -0.2) is 11.8 Å². The standard InChI is InChI=1S/C18H25ClO3/c1-4-5-6-7-8-12-18(14-10-9-11-15(19)13-14)16(20)21-17(2,3)22-18/h9-11,13H,4-8,12H2,1-3H3. The van der Waals surface area contributed by atoms with Crippen molar-refractivity contribution in [1.29, 1.82) is 0 Å². The summed E-state index contributed by atoms with van der Waals surface area (Å²) < 4.78 is 11.5. The molecule has 0 aliphatic carbocycles. The molecule has 1 aromatic carbocycles. The van der Waals surface area contributed by atoms with Crippen molar-refractivity contribution in [1.82, 2.24) is 0 Å². The molecule has 1 fully saturated rings. The smallest absolute Gasteiger partial charge is 0.345 e. The molecular formula is C18H25ClO3. The number of cyclic esters (lactones) is 1. The highest BCUT2D eigenvalue weighted by Gasteiger charge is 2.54. The minimum atomic E-state index is -1.03. The third-order valence-electron chi connectivity index (χ3n) is 4.01. The molecule has 0 bridgehead atoms. The fourth-order valence-corrected chi connectivity index (χ4v) is 3.17. The normalized spacial score (nSPS) is 23.5. The van der Waals surface area contributed by atoms with Crippen LogP contribution in [0.4, 0.5) is 0 Å². The van der Waals surface area contributed by atoms with E-state index >= 15 is 0 Å². The number of unbranched alkanes of at least 4 members (excludes halogenated alkanes) is 4. The average Bonchev–Trinajstić information content (AvgIpc) is 2.69. The number of ether oxygens (including phenoxy) is 2. The Morgan fingerprint density at radius 2 is 1.86 bits per heavy atom. The predicted molar refractivity (Wildman–Crippen MR) is 87.8 cm³/mol. The van der Waals surface area contributed by atoms with Gasteiger partial charge >= 0.3 is 5.97 Å². The Hall–Kier alpha value is -1.06. The van der Waals surface area contributed by atoms with Gasteiger partial charge in [0, 0.05) is 18.9 Å². The van der Waals surface area contributed by atoms with Crippen LogP contribution in [0, 0.1) is 0 Å². The Morgan fingerprint density at radius 3 is 2.45 bits per heavy atom. The van der Waals surface area contributed by atoms with E-state index in [0.29, 0.717) is 11.4 Å². The Balaban J connectivity index is 2.20. The summed E-state index contributed by atoms with van der Waals surface area (Å²) in [7, 11) is 0. The summed E-state index contributed by atoms with van der Waals surface area (Å²) in [5.41, 5.74) is -0.244. The second-order valence-corrected chi connectivity index (χ2v) is 6.83. The first kappa shape index (κ1) is 17.3. The number of hydrogen-bond acceptors (Lipinski definition) is 3. The summed E-state index contributed by atoms with van der Waals surface area (Å²) >= 11 is 6.10. The van der Waals surface area contributed by atoms with E-state index in [1.165, 1.54) is 19.3 Å². The molecule has 1 atom stereocenters. The Morgan fingerprint density at radius 1 is 1.14 bits per heavy atom. The third-order valence-corrected chi connectivity index (χ3v) is 4.25. The second-order valence-electron chi connectivity index (χ2n) is 6.39. The lowest BCUT2D eigenvalue weighted by atomic mass is 9.88. The first-order chi connectivity index (χ1) is 10.4. The number of carbonyl (C=O) groups excluding carboxylic acids is 1. The van der Waals surface area contributed by atoms with E-state index in [4.69, 9.17) is 21.1 Å². The van der Waals surface area contributed by atoms with Gasteiger partial charge in [0.2, 0.25) is 5.79 Å². The lowest BCUT2D eigenvalue weighted by Gasteiger charge is -2.27. The zero-order chi connectivity index (χ0) is 16.2. The monoisotopic (exact) mass is 324 g/mol. The topological polar surface area (TPSA) is 35.5 Å². The van der Waals surface area contributed by atoms with Crippen molar-refractivity contribution < 1.29 is 14.3 Å². The molecule has 1 heterocycles. The maximum atomic E-state index is 12.6. The molecule has 3 nitrogen and oxygen atoms in total. The highest BCUT2D eigenvalue weighted by Crippen LogP contribution is 2.44. The predicted octanol–water partition coefficient (Wildman–Crippen LogP) is 5.21. The van der Waals surface area contributed by atoms with E-state index in [1.807, 2.05) is 12.1 Å². The molecular weight excluding hydrogens is 300 g/mol. The molecule has 1 aromatic rings. The largest absolute Gasteiger partial charge is 0.431 e.